The zero-order chi connectivity index (χ0) is 15.9. The maximum Gasteiger partial charge on any atom is 0.357 e. The summed E-state index contributed by atoms with van der Waals surface area (Å²) in [6.45, 7) is 0. The summed E-state index contributed by atoms with van der Waals surface area (Å²) < 4.78 is 0. The summed E-state index contributed by atoms with van der Waals surface area (Å²) in [7, 11) is 0. The van der Waals surface area contributed by atoms with Crippen LogP contribution in [0.1, 0.15) is 16.1 Å². The van der Waals surface area contributed by atoms with Gasteiger partial charge in [-0.25, -0.2) is 9.78 Å². The molecule has 6 N–H and O–H groups in total. The Kier molecular flexibility index (Phi) is 2.85. The molecule has 0 aliphatic rings. The van der Waals surface area contributed by atoms with Crippen molar-refractivity contribution in [2.75, 3.05) is 11.5 Å². The normalized spacial score (nSPS) is 10.5. The number of nitrogens with zero attached hydrogens (tertiary/aromatic N) is 4. The van der Waals surface area contributed by atoms with Crippen LogP contribution in [-0.4, -0.2) is 31.2 Å². The lowest BCUT2D eigenvalue weighted by molar-refractivity contribution is 0.0692. The number of hydrogen-bond acceptors (Lipinski definition) is 7. The molecule has 9 nitrogen and oxygen atoms in total. The van der Waals surface area contributed by atoms with Crippen LogP contribution in [0.3, 0.4) is 0 Å². The van der Waals surface area contributed by atoms with Crippen molar-refractivity contribution in [3.8, 4) is 17.3 Å². The van der Waals surface area contributed by atoms with Gasteiger partial charge in [-0.3, -0.25) is 5.10 Å². The average molecular weight is 295 g/mol. The molecule has 0 aliphatic heterocycles. The van der Waals surface area contributed by atoms with Crippen LogP contribution in [0.4, 0.5) is 11.8 Å². The minimum absolute atomic E-state index is 0.0271. The van der Waals surface area contributed by atoms with E-state index in [0.29, 0.717) is 16.5 Å². The van der Waals surface area contributed by atoms with Gasteiger partial charge < -0.3 is 16.6 Å². The maximum absolute atomic E-state index is 11.3. The number of carboxylic acids is 1. The zero-order valence-electron chi connectivity index (χ0n) is 11.0. The number of fused-ring (bicyclic) bond motifs is 1. The molecule has 3 rings (SSSR count). The summed E-state index contributed by atoms with van der Waals surface area (Å²) in [5.74, 6) is -1.38. The van der Waals surface area contributed by atoms with Gasteiger partial charge in [-0.05, 0) is 6.07 Å². The number of carboxylic acid groups (broad SMARTS) is 1. The fraction of sp³-hybridized carbons (Fsp3) is 0. The van der Waals surface area contributed by atoms with Crippen LogP contribution in [0.2, 0.25) is 0 Å². The number of nitrogens with two attached hydrogens (primary N) is 2. The molecular formula is C13H9N7O2. The van der Waals surface area contributed by atoms with Crippen LogP contribution in [0.5, 0.6) is 0 Å². The second-order valence-corrected chi connectivity index (χ2v) is 4.41. The van der Waals surface area contributed by atoms with Gasteiger partial charge in [-0.2, -0.15) is 15.3 Å². The quantitative estimate of drug-likeness (QED) is 0.537. The van der Waals surface area contributed by atoms with Gasteiger partial charge in [0.15, 0.2) is 5.69 Å². The number of anilines is 2. The van der Waals surface area contributed by atoms with Crippen molar-refractivity contribution in [3.63, 3.8) is 0 Å². The van der Waals surface area contributed by atoms with Crippen molar-refractivity contribution < 1.29 is 9.90 Å². The van der Waals surface area contributed by atoms with Crippen LogP contribution in [0.15, 0.2) is 18.2 Å². The van der Waals surface area contributed by atoms with Gasteiger partial charge in [0.05, 0.1) is 11.2 Å². The molecule has 108 valence electrons. The molecule has 0 amide bonds. The highest BCUT2D eigenvalue weighted by Crippen LogP contribution is 2.32. The summed E-state index contributed by atoms with van der Waals surface area (Å²) in [4.78, 5) is 19.1. The van der Waals surface area contributed by atoms with E-state index in [9.17, 15) is 15.2 Å². The second-order valence-electron chi connectivity index (χ2n) is 4.41. The molecular weight excluding hydrogens is 286 g/mol. The molecule has 2 aromatic heterocycles. The number of nitriles is 1. The lowest BCUT2D eigenvalue weighted by Crippen LogP contribution is -2.05. The van der Waals surface area contributed by atoms with E-state index in [-0.39, 0.29) is 28.7 Å². The number of H-pyrrole nitrogens is 1. The third-order valence-corrected chi connectivity index (χ3v) is 3.11. The van der Waals surface area contributed by atoms with Crippen molar-refractivity contribution in [1.82, 2.24) is 20.2 Å². The van der Waals surface area contributed by atoms with Crippen molar-refractivity contribution in [3.05, 3.63) is 29.5 Å². The van der Waals surface area contributed by atoms with Crippen LogP contribution < -0.4 is 11.5 Å². The largest absolute Gasteiger partial charge is 0.476 e. The van der Waals surface area contributed by atoms with Gasteiger partial charge in [-0.1, -0.05) is 12.1 Å². The number of nitrogens with one attached hydrogen (secondary N) is 1. The van der Waals surface area contributed by atoms with Crippen molar-refractivity contribution in [2.45, 2.75) is 0 Å². The molecule has 0 fully saturated rings. The molecule has 0 atom stereocenters. The molecule has 22 heavy (non-hydrogen) atoms. The van der Waals surface area contributed by atoms with Gasteiger partial charge in [0.1, 0.15) is 17.5 Å². The Bertz CT molecular complexity index is 955. The molecule has 0 bridgehead atoms. The second kappa shape index (κ2) is 4.71. The molecule has 0 saturated heterocycles. The molecule has 1 aromatic carbocycles. The lowest BCUT2D eigenvalue weighted by atomic mass is 10.0. The van der Waals surface area contributed by atoms with Crippen LogP contribution >= 0.6 is 0 Å². The highest BCUT2D eigenvalue weighted by atomic mass is 16.4. The highest BCUT2D eigenvalue weighted by Gasteiger charge is 2.21. The van der Waals surface area contributed by atoms with Gasteiger partial charge in [0.25, 0.3) is 0 Å². The third kappa shape index (κ3) is 1.87. The number of rotatable bonds is 2. The zero-order valence-corrected chi connectivity index (χ0v) is 11.0. The van der Waals surface area contributed by atoms with Crippen LogP contribution in [0, 0.1) is 11.3 Å². The fourth-order valence-corrected chi connectivity index (χ4v) is 2.23. The fourth-order valence-electron chi connectivity index (χ4n) is 2.23. The topological polar surface area (TPSA) is 168 Å². The Morgan fingerprint density at radius 2 is 2.09 bits per heavy atom. The SMILES string of the molecule is N#Cc1c(N)nc(N)nc1-c1cccc2[nH]nc(C(=O)O)c12. The van der Waals surface area contributed by atoms with E-state index in [1.165, 1.54) is 0 Å². The number of hydrogen-bond donors (Lipinski definition) is 4. The Balaban J connectivity index is 2.44. The van der Waals surface area contributed by atoms with Crippen molar-refractivity contribution in [1.29, 1.82) is 5.26 Å². The third-order valence-electron chi connectivity index (χ3n) is 3.11. The lowest BCUT2D eigenvalue weighted by Gasteiger charge is -2.08. The molecule has 0 unspecified atom stereocenters. The number of aromatic carboxylic acids is 1. The molecule has 0 spiro atoms. The first-order valence-electron chi connectivity index (χ1n) is 6.06. The number of nitrogen functional groups attached to an aromatic ring is 2. The number of aromatic amines is 1. The summed E-state index contributed by atoms with van der Waals surface area (Å²) in [6.07, 6.45) is 0. The molecule has 2 heterocycles. The Hall–Kier alpha value is -3.67. The number of benzene rings is 1. The van der Waals surface area contributed by atoms with Gasteiger partial charge >= 0.3 is 5.97 Å². The molecule has 0 saturated carbocycles. The van der Waals surface area contributed by atoms with Crippen molar-refractivity contribution in [2.24, 2.45) is 0 Å². The summed E-state index contributed by atoms with van der Waals surface area (Å²) >= 11 is 0. The van der Waals surface area contributed by atoms with E-state index >= 15 is 0 Å². The van der Waals surface area contributed by atoms with E-state index in [1.54, 1.807) is 18.2 Å². The van der Waals surface area contributed by atoms with Gasteiger partial charge in [-0.15, -0.1) is 0 Å². The van der Waals surface area contributed by atoms with E-state index in [1.807, 2.05) is 6.07 Å². The van der Waals surface area contributed by atoms with E-state index in [4.69, 9.17) is 11.5 Å². The number of carbonyl (C=O) groups is 1. The minimum Gasteiger partial charge on any atom is -0.476 e. The van der Waals surface area contributed by atoms with Gasteiger partial charge in [0, 0.05) is 10.9 Å². The smallest absolute Gasteiger partial charge is 0.357 e. The predicted octanol–water partition coefficient (Wildman–Crippen LogP) is 0.754. The number of aromatic nitrogens is 4. The Morgan fingerprint density at radius 3 is 2.77 bits per heavy atom. The molecule has 9 heteroatoms. The highest BCUT2D eigenvalue weighted by molar-refractivity contribution is 6.08. The maximum atomic E-state index is 11.3. The van der Waals surface area contributed by atoms with Crippen LogP contribution in [-0.2, 0) is 0 Å². The molecule has 3 aromatic rings. The molecule has 0 radical (unpaired) electrons. The monoisotopic (exact) mass is 295 g/mol. The van der Waals surface area contributed by atoms with Gasteiger partial charge in [0.2, 0.25) is 5.95 Å². The molecule has 0 aliphatic carbocycles. The first kappa shape index (κ1) is 13.3. The standard InChI is InChI=1S/C13H9N7O2/c14-4-6-9(17-13(16)18-11(6)15)5-2-1-3-7-8(5)10(12(21)22)20-19-7/h1-3H,(H,19,20)(H,21,22)(H4,15,16,17,18). The minimum atomic E-state index is -1.20. The predicted molar refractivity (Wildman–Crippen MR) is 77.6 cm³/mol. The average Bonchev–Trinajstić information content (AvgIpc) is 2.90. The first-order chi connectivity index (χ1) is 10.5. The first-order valence-corrected chi connectivity index (χ1v) is 6.06. The summed E-state index contributed by atoms with van der Waals surface area (Å²) in [5, 5.41) is 25.2. The van der Waals surface area contributed by atoms with E-state index in [0.717, 1.165) is 0 Å². The van der Waals surface area contributed by atoms with Crippen molar-refractivity contribution >= 4 is 28.6 Å². The summed E-state index contributed by atoms with van der Waals surface area (Å²) in [5.41, 5.74) is 12.2. The Morgan fingerprint density at radius 1 is 1.32 bits per heavy atom. The van der Waals surface area contributed by atoms with E-state index in [2.05, 4.69) is 20.2 Å². The van der Waals surface area contributed by atoms with E-state index < -0.39 is 5.97 Å². The summed E-state index contributed by atoms with van der Waals surface area (Å²) in [6, 6.07) is 6.87. The Labute approximate surface area is 123 Å². The van der Waals surface area contributed by atoms with Crippen LogP contribution in [0.25, 0.3) is 22.2 Å².